The number of phenols is 1. The number of amides is 2. The van der Waals surface area contributed by atoms with E-state index in [0.717, 1.165) is 4.88 Å². The van der Waals surface area contributed by atoms with Gasteiger partial charge in [-0.1, -0.05) is 24.3 Å². The summed E-state index contributed by atoms with van der Waals surface area (Å²) in [6, 6.07) is 15.5. The van der Waals surface area contributed by atoms with E-state index in [0.29, 0.717) is 15.6 Å². The lowest BCUT2D eigenvalue weighted by Gasteiger charge is -2.09. The lowest BCUT2D eigenvalue weighted by Crippen LogP contribution is -2.32. The van der Waals surface area contributed by atoms with Gasteiger partial charge in [0.1, 0.15) is 5.70 Å². The number of phenolic OH excluding ortho intramolecular Hbond substituents is 1. The number of ether oxygens (including phenoxy) is 1. The number of carbonyl (C=O) groups excluding carboxylic acids is 2. The molecule has 0 aliphatic carbocycles. The Bertz CT molecular complexity index is 1130. The van der Waals surface area contributed by atoms with Crippen molar-refractivity contribution in [3.63, 3.8) is 0 Å². The van der Waals surface area contributed by atoms with Gasteiger partial charge in [0, 0.05) is 10.4 Å². The molecule has 0 radical (unpaired) electrons. The largest absolute Gasteiger partial charge is 0.503 e. The van der Waals surface area contributed by atoms with Gasteiger partial charge >= 0.3 is 0 Å². The first-order valence-electron chi connectivity index (χ1n) is 8.99. The van der Waals surface area contributed by atoms with Gasteiger partial charge in [-0.3, -0.25) is 9.59 Å². The summed E-state index contributed by atoms with van der Waals surface area (Å²) in [7, 11) is 1.43. The average Bonchev–Trinajstić information content (AvgIpc) is 3.29. The molecule has 0 fully saturated rings. The number of thiophene rings is 1. The van der Waals surface area contributed by atoms with Crippen LogP contribution in [0.4, 0.5) is 0 Å². The zero-order valence-electron chi connectivity index (χ0n) is 16.3. The van der Waals surface area contributed by atoms with Crippen LogP contribution in [0.5, 0.6) is 11.5 Å². The van der Waals surface area contributed by atoms with Gasteiger partial charge in [0.2, 0.25) is 0 Å². The number of benzene rings is 2. The van der Waals surface area contributed by atoms with Gasteiger partial charge in [0.25, 0.3) is 11.8 Å². The van der Waals surface area contributed by atoms with Gasteiger partial charge in [0.05, 0.1) is 17.8 Å². The Labute approximate surface area is 191 Å². The zero-order chi connectivity index (χ0) is 22.2. The maximum absolute atomic E-state index is 12.7. The Balaban J connectivity index is 1.77. The third-order valence-electron chi connectivity index (χ3n) is 4.01. The molecule has 9 heteroatoms. The first-order chi connectivity index (χ1) is 15.0. The number of carbonyl (C=O) groups is 2. The fourth-order valence-corrected chi connectivity index (χ4v) is 3.62. The molecule has 0 aliphatic heterocycles. The van der Waals surface area contributed by atoms with Crippen molar-refractivity contribution >= 4 is 51.4 Å². The number of halogens is 1. The van der Waals surface area contributed by atoms with Crippen LogP contribution >= 0.6 is 27.3 Å². The molecular weight excluding hydrogens is 482 g/mol. The fourth-order valence-electron chi connectivity index (χ4n) is 2.51. The summed E-state index contributed by atoms with van der Waals surface area (Å²) < 4.78 is 5.52. The van der Waals surface area contributed by atoms with Gasteiger partial charge in [-0.05, 0) is 63.3 Å². The first-order valence-corrected chi connectivity index (χ1v) is 10.7. The summed E-state index contributed by atoms with van der Waals surface area (Å²) in [6.07, 6.45) is 2.98. The molecule has 0 bridgehead atoms. The van der Waals surface area contributed by atoms with E-state index >= 15 is 0 Å². The van der Waals surface area contributed by atoms with Crippen LogP contribution in [0.1, 0.15) is 20.8 Å². The lowest BCUT2D eigenvalue weighted by atomic mass is 10.2. The smallest absolute Gasteiger partial charge is 0.287 e. The Hall–Kier alpha value is -3.43. The molecule has 0 spiro atoms. The Morgan fingerprint density at radius 2 is 1.94 bits per heavy atom. The molecule has 3 N–H and O–H groups in total. The number of hydrogen-bond acceptors (Lipinski definition) is 6. The van der Waals surface area contributed by atoms with Crippen LogP contribution in [0.3, 0.4) is 0 Å². The van der Waals surface area contributed by atoms with Gasteiger partial charge in [-0.2, -0.15) is 5.10 Å². The minimum atomic E-state index is -0.584. The van der Waals surface area contributed by atoms with Crippen molar-refractivity contribution in [2.75, 3.05) is 7.11 Å². The standard InChI is InChI=1S/C22H18BrN3O4S/c1-30-19-11-14(10-17(23)20(19)27)13-24-26-22(29)18(12-16-8-5-9-31-16)25-21(28)15-6-3-2-4-7-15/h2-13,27H,1H3,(H,25,28)(H,26,29)/b18-12-,24-13+. The van der Waals surface area contributed by atoms with Crippen molar-refractivity contribution in [2.45, 2.75) is 0 Å². The second-order valence-electron chi connectivity index (χ2n) is 6.15. The summed E-state index contributed by atoms with van der Waals surface area (Å²) in [5.41, 5.74) is 3.47. The van der Waals surface area contributed by atoms with Crippen molar-refractivity contribution in [3.05, 3.63) is 86.2 Å². The number of hydrazone groups is 1. The molecule has 0 aliphatic rings. The quantitative estimate of drug-likeness (QED) is 0.258. The predicted octanol–water partition coefficient (Wildman–Crippen LogP) is 4.15. The highest BCUT2D eigenvalue weighted by Gasteiger charge is 2.14. The Morgan fingerprint density at radius 3 is 2.61 bits per heavy atom. The fraction of sp³-hybridized carbons (Fsp3) is 0.0455. The third-order valence-corrected chi connectivity index (χ3v) is 5.43. The highest BCUT2D eigenvalue weighted by Crippen LogP contribution is 2.34. The van der Waals surface area contributed by atoms with Crippen molar-refractivity contribution in [2.24, 2.45) is 5.10 Å². The number of aromatic hydroxyl groups is 1. The van der Waals surface area contributed by atoms with Crippen molar-refractivity contribution in [1.82, 2.24) is 10.7 Å². The van der Waals surface area contributed by atoms with Crippen LogP contribution in [0, 0.1) is 0 Å². The normalized spacial score (nSPS) is 11.4. The predicted molar refractivity (Wildman–Crippen MR) is 124 cm³/mol. The minimum absolute atomic E-state index is 0.0338. The van der Waals surface area contributed by atoms with Crippen LogP contribution in [-0.4, -0.2) is 30.2 Å². The van der Waals surface area contributed by atoms with Crippen LogP contribution in [0.15, 0.2) is 75.2 Å². The molecule has 2 amide bonds. The number of methoxy groups -OCH3 is 1. The summed E-state index contributed by atoms with van der Waals surface area (Å²) >= 11 is 4.66. The molecule has 7 nitrogen and oxygen atoms in total. The van der Waals surface area contributed by atoms with Crippen molar-refractivity contribution in [3.8, 4) is 11.5 Å². The monoisotopic (exact) mass is 499 g/mol. The summed E-state index contributed by atoms with van der Waals surface area (Å²) in [5, 5.41) is 18.3. The van der Waals surface area contributed by atoms with E-state index in [1.165, 1.54) is 24.7 Å². The van der Waals surface area contributed by atoms with E-state index in [4.69, 9.17) is 4.74 Å². The van der Waals surface area contributed by atoms with E-state index in [1.54, 1.807) is 48.5 Å². The van der Waals surface area contributed by atoms with E-state index in [9.17, 15) is 14.7 Å². The number of nitrogens with zero attached hydrogens (tertiary/aromatic N) is 1. The second-order valence-corrected chi connectivity index (χ2v) is 7.98. The molecule has 3 rings (SSSR count). The molecule has 1 heterocycles. The highest BCUT2D eigenvalue weighted by atomic mass is 79.9. The van der Waals surface area contributed by atoms with Crippen molar-refractivity contribution < 1.29 is 19.4 Å². The molecule has 158 valence electrons. The summed E-state index contributed by atoms with van der Waals surface area (Å²) in [6.45, 7) is 0. The van der Waals surface area contributed by atoms with Crippen LogP contribution in [0.2, 0.25) is 0 Å². The van der Waals surface area contributed by atoms with Gasteiger partial charge in [-0.15, -0.1) is 11.3 Å². The number of nitrogens with one attached hydrogen (secondary N) is 2. The summed E-state index contributed by atoms with van der Waals surface area (Å²) in [5.74, 6) is -0.766. The minimum Gasteiger partial charge on any atom is -0.503 e. The summed E-state index contributed by atoms with van der Waals surface area (Å²) in [4.78, 5) is 26.0. The molecule has 31 heavy (non-hydrogen) atoms. The van der Waals surface area contributed by atoms with Gasteiger partial charge < -0.3 is 15.2 Å². The van der Waals surface area contributed by atoms with Crippen molar-refractivity contribution in [1.29, 1.82) is 0 Å². The van der Waals surface area contributed by atoms with Crippen LogP contribution < -0.4 is 15.5 Å². The van der Waals surface area contributed by atoms with E-state index in [1.807, 2.05) is 17.5 Å². The molecule has 2 aromatic carbocycles. The first kappa shape index (κ1) is 22.3. The SMILES string of the molecule is COc1cc(/C=N/NC(=O)/C(=C/c2cccs2)NC(=O)c2ccccc2)cc(Br)c1O. The maximum atomic E-state index is 12.7. The Morgan fingerprint density at radius 1 is 1.16 bits per heavy atom. The molecule has 0 saturated carbocycles. The van der Waals surface area contributed by atoms with E-state index in [-0.39, 0.29) is 17.2 Å². The molecule has 0 unspecified atom stereocenters. The molecule has 0 saturated heterocycles. The van der Waals surface area contributed by atoms with Crippen LogP contribution in [0.25, 0.3) is 6.08 Å². The number of hydrogen-bond donors (Lipinski definition) is 3. The topological polar surface area (TPSA) is 100 Å². The van der Waals surface area contributed by atoms with Gasteiger partial charge in [0.15, 0.2) is 11.5 Å². The highest BCUT2D eigenvalue weighted by molar-refractivity contribution is 9.10. The Kier molecular flexibility index (Phi) is 7.58. The van der Waals surface area contributed by atoms with E-state index in [2.05, 4.69) is 31.8 Å². The molecule has 3 aromatic rings. The lowest BCUT2D eigenvalue weighted by molar-refractivity contribution is -0.117. The molecule has 0 atom stereocenters. The zero-order valence-corrected chi connectivity index (χ0v) is 18.7. The van der Waals surface area contributed by atoms with E-state index < -0.39 is 11.8 Å². The van der Waals surface area contributed by atoms with Gasteiger partial charge in [-0.25, -0.2) is 5.43 Å². The second kappa shape index (κ2) is 10.6. The molecule has 1 aromatic heterocycles. The average molecular weight is 500 g/mol. The molecular formula is C22H18BrN3O4S. The number of rotatable bonds is 7. The third kappa shape index (κ3) is 6.03. The maximum Gasteiger partial charge on any atom is 0.287 e. The van der Waals surface area contributed by atoms with Crippen LogP contribution in [-0.2, 0) is 4.79 Å².